The third kappa shape index (κ3) is 7.21. The van der Waals surface area contributed by atoms with Crippen molar-refractivity contribution in [3.63, 3.8) is 0 Å². The molecule has 1 aromatic rings. The van der Waals surface area contributed by atoms with Gasteiger partial charge in [-0.3, -0.25) is 9.79 Å². The molecule has 1 unspecified atom stereocenters. The molecule has 0 saturated heterocycles. The maximum atomic E-state index is 11.2. The first kappa shape index (κ1) is 21.6. The molecule has 0 aliphatic rings. The minimum absolute atomic E-state index is 0.000749. The van der Waals surface area contributed by atoms with Crippen LogP contribution in [0.4, 0.5) is 0 Å². The lowest BCUT2D eigenvalue weighted by Gasteiger charge is -2.20. The first-order valence-corrected chi connectivity index (χ1v) is 9.06. The van der Waals surface area contributed by atoms with E-state index in [1.165, 1.54) is 7.11 Å². The molecular formula is C19H31N3O4. The fourth-order valence-electron chi connectivity index (χ4n) is 2.31. The third-order valence-electron chi connectivity index (χ3n) is 3.58. The van der Waals surface area contributed by atoms with Gasteiger partial charge in [0.05, 0.1) is 39.3 Å². The summed E-state index contributed by atoms with van der Waals surface area (Å²) in [5.74, 6) is 1.85. The van der Waals surface area contributed by atoms with Crippen molar-refractivity contribution in [2.75, 3.05) is 33.4 Å². The van der Waals surface area contributed by atoms with Crippen LogP contribution in [0.5, 0.6) is 11.5 Å². The van der Waals surface area contributed by atoms with E-state index in [-0.39, 0.29) is 18.4 Å². The van der Waals surface area contributed by atoms with Crippen LogP contribution < -0.4 is 20.1 Å². The zero-order valence-electron chi connectivity index (χ0n) is 16.4. The molecule has 1 rings (SSSR count). The lowest BCUT2D eigenvalue weighted by Crippen LogP contribution is -2.38. The van der Waals surface area contributed by atoms with Crippen molar-refractivity contribution in [2.24, 2.45) is 4.99 Å². The smallest absolute Gasteiger partial charge is 0.307 e. The molecule has 7 nitrogen and oxygen atoms in total. The van der Waals surface area contributed by atoms with Gasteiger partial charge in [-0.25, -0.2) is 0 Å². The topological polar surface area (TPSA) is 81.2 Å². The quantitative estimate of drug-likeness (QED) is 0.377. The van der Waals surface area contributed by atoms with E-state index in [0.717, 1.165) is 23.6 Å². The number of guanidine groups is 1. The predicted molar refractivity (Wildman–Crippen MR) is 103 cm³/mol. The van der Waals surface area contributed by atoms with Crippen molar-refractivity contribution in [2.45, 2.75) is 40.2 Å². The maximum absolute atomic E-state index is 11.2. The Labute approximate surface area is 156 Å². The lowest BCUT2D eigenvalue weighted by atomic mass is 10.1. The molecule has 26 heavy (non-hydrogen) atoms. The SMILES string of the molecule is CCNC(=NCCC(=O)OC)NC(C)c1ccc(OCC)c(OCC)c1. The highest BCUT2D eigenvalue weighted by atomic mass is 16.5. The Bertz CT molecular complexity index is 590. The van der Waals surface area contributed by atoms with Crippen molar-refractivity contribution in [3.05, 3.63) is 23.8 Å². The number of aliphatic imine (C=N–C) groups is 1. The normalized spacial score (nSPS) is 12.3. The summed E-state index contributed by atoms with van der Waals surface area (Å²) in [4.78, 5) is 15.6. The predicted octanol–water partition coefficient (Wildman–Crippen LogP) is 2.66. The molecular weight excluding hydrogens is 334 g/mol. The number of carbonyl (C=O) groups is 1. The Hall–Kier alpha value is -2.44. The van der Waals surface area contributed by atoms with Crippen LogP contribution in [0, 0.1) is 0 Å². The van der Waals surface area contributed by atoms with Gasteiger partial charge in [-0.1, -0.05) is 6.07 Å². The highest BCUT2D eigenvalue weighted by molar-refractivity contribution is 5.80. The Kier molecular flexibility index (Phi) is 9.97. The van der Waals surface area contributed by atoms with Crippen LogP contribution >= 0.6 is 0 Å². The maximum Gasteiger partial charge on any atom is 0.307 e. The van der Waals surface area contributed by atoms with Crippen molar-refractivity contribution in [1.82, 2.24) is 10.6 Å². The van der Waals surface area contributed by atoms with E-state index in [4.69, 9.17) is 9.47 Å². The second-order valence-corrected chi connectivity index (χ2v) is 5.53. The van der Waals surface area contributed by atoms with Crippen molar-refractivity contribution in [1.29, 1.82) is 0 Å². The second kappa shape index (κ2) is 12.0. The van der Waals surface area contributed by atoms with Crippen LogP contribution in [0.25, 0.3) is 0 Å². The first-order valence-electron chi connectivity index (χ1n) is 9.06. The molecule has 0 fully saturated rings. The Morgan fingerprint density at radius 1 is 1.15 bits per heavy atom. The average molecular weight is 365 g/mol. The molecule has 146 valence electrons. The van der Waals surface area contributed by atoms with Crippen LogP contribution in [0.2, 0.25) is 0 Å². The second-order valence-electron chi connectivity index (χ2n) is 5.53. The van der Waals surface area contributed by atoms with Crippen molar-refractivity contribution < 1.29 is 19.0 Å². The molecule has 2 N–H and O–H groups in total. The Morgan fingerprint density at radius 3 is 2.46 bits per heavy atom. The van der Waals surface area contributed by atoms with Gasteiger partial charge in [-0.15, -0.1) is 0 Å². The highest BCUT2D eigenvalue weighted by Gasteiger charge is 2.12. The number of hydrogen-bond acceptors (Lipinski definition) is 5. The highest BCUT2D eigenvalue weighted by Crippen LogP contribution is 2.30. The van der Waals surface area contributed by atoms with Gasteiger partial charge in [-0.2, -0.15) is 0 Å². The number of hydrogen-bond donors (Lipinski definition) is 2. The molecule has 0 bridgehead atoms. The van der Waals surface area contributed by atoms with Crippen LogP contribution in [-0.4, -0.2) is 45.3 Å². The van der Waals surface area contributed by atoms with Crippen molar-refractivity contribution in [3.8, 4) is 11.5 Å². The number of carbonyl (C=O) groups excluding carboxylic acids is 1. The number of benzene rings is 1. The number of nitrogens with zero attached hydrogens (tertiary/aromatic N) is 1. The van der Waals surface area contributed by atoms with E-state index in [0.29, 0.717) is 25.7 Å². The average Bonchev–Trinajstić information content (AvgIpc) is 2.63. The number of methoxy groups -OCH3 is 1. The standard InChI is InChI=1S/C19H31N3O4/c1-6-20-19(21-12-11-18(23)24-5)22-14(4)15-9-10-16(25-7-2)17(13-15)26-8-3/h9-10,13-14H,6-8,11-12H2,1-5H3,(H2,20,21,22). The number of rotatable bonds is 10. The molecule has 1 aromatic carbocycles. The van der Waals surface area contributed by atoms with Gasteiger partial charge in [0.1, 0.15) is 0 Å². The molecule has 0 radical (unpaired) electrons. The Morgan fingerprint density at radius 2 is 1.85 bits per heavy atom. The molecule has 0 heterocycles. The van der Waals surface area contributed by atoms with E-state index in [9.17, 15) is 4.79 Å². The summed E-state index contributed by atoms with van der Waals surface area (Å²) in [7, 11) is 1.37. The monoisotopic (exact) mass is 365 g/mol. The van der Waals surface area contributed by atoms with Gasteiger partial charge in [0.25, 0.3) is 0 Å². The first-order chi connectivity index (χ1) is 12.5. The summed E-state index contributed by atoms with van der Waals surface area (Å²) in [6.07, 6.45) is 0.249. The van der Waals surface area contributed by atoms with E-state index in [1.54, 1.807) is 0 Å². The fourth-order valence-corrected chi connectivity index (χ4v) is 2.31. The third-order valence-corrected chi connectivity index (χ3v) is 3.58. The molecule has 0 spiro atoms. The zero-order valence-corrected chi connectivity index (χ0v) is 16.4. The Balaban J connectivity index is 2.84. The van der Waals surface area contributed by atoms with Crippen molar-refractivity contribution >= 4 is 11.9 Å². The van der Waals surface area contributed by atoms with Crippen LogP contribution in [-0.2, 0) is 9.53 Å². The molecule has 0 aliphatic heterocycles. The van der Waals surface area contributed by atoms with Crippen LogP contribution in [0.3, 0.4) is 0 Å². The molecule has 1 atom stereocenters. The summed E-state index contributed by atoms with van der Waals surface area (Å²) >= 11 is 0. The molecule has 0 amide bonds. The van der Waals surface area contributed by atoms with Gasteiger partial charge >= 0.3 is 5.97 Å². The fraction of sp³-hybridized carbons (Fsp3) is 0.579. The minimum atomic E-state index is -0.273. The van der Waals surface area contributed by atoms with Crippen LogP contribution in [0.15, 0.2) is 23.2 Å². The summed E-state index contributed by atoms with van der Waals surface area (Å²) in [5.41, 5.74) is 1.05. The summed E-state index contributed by atoms with van der Waals surface area (Å²) in [5, 5.41) is 6.51. The number of ether oxygens (including phenoxy) is 3. The molecule has 7 heteroatoms. The largest absolute Gasteiger partial charge is 0.490 e. The summed E-state index contributed by atoms with van der Waals surface area (Å²) in [6, 6.07) is 5.90. The van der Waals surface area contributed by atoms with Crippen LogP contribution in [0.1, 0.15) is 45.7 Å². The van der Waals surface area contributed by atoms with Gasteiger partial charge in [0, 0.05) is 6.54 Å². The van der Waals surface area contributed by atoms with E-state index < -0.39 is 0 Å². The van der Waals surface area contributed by atoms with Gasteiger partial charge < -0.3 is 24.8 Å². The minimum Gasteiger partial charge on any atom is -0.490 e. The number of esters is 1. The van der Waals surface area contributed by atoms with E-state index >= 15 is 0 Å². The van der Waals surface area contributed by atoms with Gasteiger partial charge in [-0.05, 0) is 45.4 Å². The number of nitrogens with one attached hydrogen (secondary N) is 2. The molecule has 0 aliphatic carbocycles. The molecule has 0 saturated carbocycles. The lowest BCUT2D eigenvalue weighted by molar-refractivity contribution is -0.140. The molecule has 0 aromatic heterocycles. The summed E-state index contributed by atoms with van der Waals surface area (Å²) < 4.78 is 15.9. The van der Waals surface area contributed by atoms with Gasteiger partial charge in [0.2, 0.25) is 0 Å². The van der Waals surface area contributed by atoms with E-state index in [2.05, 4.69) is 20.4 Å². The van der Waals surface area contributed by atoms with Gasteiger partial charge in [0.15, 0.2) is 17.5 Å². The summed E-state index contributed by atoms with van der Waals surface area (Å²) in [6.45, 7) is 10.2. The van der Waals surface area contributed by atoms with E-state index in [1.807, 2.05) is 45.9 Å². The zero-order chi connectivity index (χ0) is 19.4.